The lowest BCUT2D eigenvalue weighted by Crippen LogP contribution is -2.40. The molecule has 110 valence electrons. The molecule has 0 saturated heterocycles. The van der Waals surface area contributed by atoms with E-state index < -0.39 is 11.5 Å². The van der Waals surface area contributed by atoms with Crippen LogP contribution in [0.2, 0.25) is 0 Å². The molecule has 4 nitrogen and oxygen atoms in total. The number of aliphatic hydroxyl groups is 1. The van der Waals surface area contributed by atoms with Crippen molar-refractivity contribution >= 4 is 11.6 Å². The molecule has 0 aliphatic heterocycles. The number of hydrogen-bond acceptors (Lipinski definition) is 4. The van der Waals surface area contributed by atoms with E-state index in [1.807, 2.05) is 19.1 Å². The Bertz CT molecular complexity index is 678. The molecule has 4 unspecified atom stereocenters. The molecule has 3 aliphatic carbocycles. The van der Waals surface area contributed by atoms with E-state index in [1.54, 1.807) is 7.11 Å². The van der Waals surface area contributed by atoms with Gasteiger partial charge in [0.15, 0.2) is 11.6 Å². The molecule has 1 saturated carbocycles. The first-order valence-electron chi connectivity index (χ1n) is 7.44. The Hall–Kier alpha value is -1.52. The molecular formula is C17H18O4. The summed E-state index contributed by atoms with van der Waals surface area (Å²) in [5, 5.41) is 10.2. The number of Topliss-reactive ketones (excluding diaryl/α,β-unsaturated/α-hetero) is 2. The Labute approximate surface area is 123 Å². The predicted molar refractivity (Wildman–Crippen MR) is 75.7 cm³/mol. The fraction of sp³-hybridized carbons (Fsp3) is 0.529. The number of fused-ring (bicyclic) bond motifs is 5. The van der Waals surface area contributed by atoms with Gasteiger partial charge in [0.25, 0.3) is 0 Å². The highest BCUT2D eigenvalue weighted by Gasteiger charge is 2.61. The first kappa shape index (κ1) is 13.2. The standard InChI is InChI=1S/C17H18O4/c1-17-10-5-3-8-9(4-6-12(8)18)14(10)15(20)11(17)7-13(19)16(17)21-2/h3,5,11,13,16,19H,4,6-7H2,1-2H3. The Kier molecular flexibility index (Phi) is 2.52. The van der Waals surface area contributed by atoms with Crippen LogP contribution in [0.25, 0.3) is 0 Å². The Balaban J connectivity index is 1.97. The summed E-state index contributed by atoms with van der Waals surface area (Å²) in [7, 11) is 1.58. The molecule has 0 spiro atoms. The van der Waals surface area contributed by atoms with E-state index in [2.05, 4.69) is 0 Å². The summed E-state index contributed by atoms with van der Waals surface area (Å²) in [6, 6.07) is 3.75. The molecule has 1 fully saturated rings. The van der Waals surface area contributed by atoms with Crippen molar-refractivity contribution in [3.63, 3.8) is 0 Å². The van der Waals surface area contributed by atoms with E-state index in [-0.39, 0.29) is 23.6 Å². The topological polar surface area (TPSA) is 63.6 Å². The highest BCUT2D eigenvalue weighted by molar-refractivity contribution is 6.10. The van der Waals surface area contributed by atoms with Crippen LogP contribution in [0.3, 0.4) is 0 Å². The molecule has 21 heavy (non-hydrogen) atoms. The number of carbonyl (C=O) groups is 2. The number of rotatable bonds is 1. The summed E-state index contributed by atoms with van der Waals surface area (Å²) in [6.45, 7) is 2.01. The van der Waals surface area contributed by atoms with Gasteiger partial charge in [-0.05, 0) is 24.0 Å². The molecule has 1 N–H and O–H groups in total. The third kappa shape index (κ3) is 1.37. The van der Waals surface area contributed by atoms with Gasteiger partial charge in [0.05, 0.1) is 12.2 Å². The summed E-state index contributed by atoms with van der Waals surface area (Å²) in [5.74, 6) is -0.0292. The van der Waals surface area contributed by atoms with Crippen molar-refractivity contribution in [3.05, 3.63) is 34.4 Å². The molecule has 4 rings (SSSR count). The van der Waals surface area contributed by atoms with Gasteiger partial charge in [-0.1, -0.05) is 19.1 Å². The van der Waals surface area contributed by atoms with Crippen LogP contribution in [-0.4, -0.2) is 36.0 Å². The lowest BCUT2D eigenvalue weighted by molar-refractivity contribution is -0.0212. The number of benzene rings is 1. The first-order chi connectivity index (χ1) is 10.00. The first-order valence-corrected chi connectivity index (χ1v) is 7.44. The number of carbonyl (C=O) groups excluding carboxylic acids is 2. The van der Waals surface area contributed by atoms with Crippen LogP contribution >= 0.6 is 0 Å². The van der Waals surface area contributed by atoms with Crippen LogP contribution in [0.5, 0.6) is 0 Å². The van der Waals surface area contributed by atoms with E-state index >= 15 is 0 Å². The van der Waals surface area contributed by atoms with Crippen molar-refractivity contribution in [2.45, 2.75) is 43.8 Å². The molecule has 4 atom stereocenters. The van der Waals surface area contributed by atoms with Crippen molar-refractivity contribution < 1.29 is 19.4 Å². The molecule has 0 radical (unpaired) electrons. The van der Waals surface area contributed by atoms with Gasteiger partial charge in [0.1, 0.15) is 0 Å². The second-order valence-electron chi connectivity index (χ2n) is 6.60. The Morgan fingerprint density at radius 1 is 1.29 bits per heavy atom. The zero-order chi connectivity index (χ0) is 14.9. The van der Waals surface area contributed by atoms with Crippen LogP contribution in [0, 0.1) is 5.92 Å². The number of aliphatic hydroxyl groups excluding tert-OH is 1. The summed E-state index contributed by atoms with van der Waals surface area (Å²) < 4.78 is 5.52. The second-order valence-corrected chi connectivity index (χ2v) is 6.60. The smallest absolute Gasteiger partial charge is 0.167 e. The molecule has 0 amide bonds. The van der Waals surface area contributed by atoms with Crippen LogP contribution < -0.4 is 0 Å². The van der Waals surface area contributed by atoms with Crippen molar-refractivity contribution in [1.29, 1.82) is 0 Å². The van der Waals surface area contributed by atoms with Gasteiger partial charge in [0.2, 0.25) is 0 Å². The van der Waals surface area contributed by atoms with Gasteiger partial charge in [-0.2, -0.15) is 0 Å². The minimum atomic E-state index is -0.614. The molecule has 1 aromatic carbocycles. The molecular weight excluding hydrogens is 268 g/mol. The number of ketones is 2. The van der Waals surface area contributed by atoms with E-state index in [0.717, 1.165) is 16.7 Å². The van der Waals surface area contributed by atoms with Gasteiger partial charge in [-0.3, -0.25) is 9.59 Å². The summed E-state index contributed by atoms with van der Waals surface area (Å²) >= 11 is 0. The van der Waals surface area contributed by atoms with E-state index in [4.69, 9.17) is 4.74 Å². The van der Waals surface area contributed by atoms with Crippen LogP contribution in [-0.2, 0) is 16.6 Å². The second kappa shape index (κ2) is 4.02. The van der Waals surface area contributed by atoms with Crippen molar-refractivity contribution in [1.82, 2.24) is 0 Å². The van der Waals surface area contributed by atoms with E-state index in [9.17, 15) is 14.7 Å². The van der Waals surface area contributed by atoms with Crippen LogP contribution in [0.15, 0.2) is 12.1 Å². The Morgan fingerprint density at radius 2 is 2.05 bits per heavy atom. The summed E-state index contributed by atoms with van der Waals surface area (Å²) in [5.41, 5.74) is 2.83. The molecule has 0 bridgehead atoms. The maximum absolute atomic E-state index is 12.9. The monoisotopic (exact) mass is 286 g/mol. The molecule has 1 aromatic rings. The normalized spacial score (nSPS) is 36.8. The van der Waals surface area contributed by atoms with Crippen molar-refractivity contribution in [3.8, 4) is 0 Å². The highest BCUT2D eigenvalue weighted by Crippen LogP contribution is 2.55. The lowest BCUT2D eigenvalue weighted by Gasteiger charge is -2.32. The van der Waals surface area contributed by atoms with Crippen LogP contribution in [0.1, 0.15) is 51.6 Å². The van der Waals surface area contributed by atoms with Gasteiger partial charge >= 0.3 is 0 Å². The zero-order valence-electron chi connectivity index (χ0n) is 12.2. The Morgan fingerprint density at radius 3 is 2.76 bits per heavy atom. The molecule has 3 aliphatic rings. The summed E-state index contributed by atoms with van der Waals surface area (Å²) in [4.78, 5) is 24.8. The minimum Gasteiger partial charge on any atom is -0.390 e. The highest BCUT2D eigenvalue weighted by atomic mass is 16.5. The third-order valence-electron chi connectivity index (χ3n) is 5.75. The fourth-order valence-corrected chi connectivity index (χ4v) is 4.78. The maximum atomic E-state index is 12.9. The average Bonchev–Trinajstić information content (AvgIpc) is 3.02. The average molecular weight is 286 g/mol. The minimum absolute atomic E-state index is 0.0812. The maximum Gasteiger partial charge on any atom is 0.167 e. The summed E-state index contributed by atoms with van der Waals surface area (Å²) in [6.07, 6.45) is 0.605. The van der Waals surface area contributed by atoms with Gasteiger partial charge in [-0.15, -0.1) is 0 Å². The SMILES string of the molecule is COC1C(O)CC2C(=O)c3c(ccc4c3CCC4=O)C21C. The lowest BCUT2D eigenvalue weighted by atomic mass is 9.76. The van der Waals surface area contributed by atoms with Gasteiger partial charge in [-0.25, -0.2) is 0 Å². The van der Waals surface area contributed by atoms with Crippen molar-refractivity contribution in [2.75, 3.05) is 7.11 Å². The fourth-order valence-electron chi connectivity index (χ4n) is 4.78. The molecule has 4 heteroatoms. The number of hydrogen-bond donors (Lipinski definition) is 1. The third-order valence-corrected chi connectivity index (χ3v) is 5.75. The van der Waals surface area contributed by atoms with Gasteiger partial charge in [0, 0.05) is 36.0 Å². The number of ether oxygens (including phenoxy) is 1. The quantitative estimate of drug-likeness (QED) is 0.853. The van der Waals surface area contributed by atoms with Gasteiger partial charge < -0.3 is 9.84 Å². The van der Waals surface area contributed by atoms with E-state index in [1.165, 1.54) is 0 Å². The predicted octanol–water partition coefficient (Wildman–Crippen LogP) is 1.67. The van der Waals surface area contributed by atoms with Crippen LogP contribution in [0.4, 0.5) is 0 Å². The number of methoxy groups -OCH3 is 1. The molecule has 0 aromatic heterocycles. The zero-order valence-corrected chi connectivity index (χ0v) is 12.2. The van der Waals surface area contributed by atoms with E-state index in [0.29, 0.717) is 24.8 Å². The molecule has 0 heterocycles. The largest absolute Gasteiger partial charge is 0.390 e. The van der Waals surface area contributed by atoms with Crippen molar-refractivity contribution in [2.24, 2.45) is 5.92 Å².